The fourth-order valence-corrected chi connectivity index (χ4v) is 1.51. The van der Waals surface area contributed by atoms with E-state index in [0.29, 0.717) is 11.4 Å². The number of nitrogens with one attached hydrogen (secondary N) is 2. The molecule has 0 aliphatic rings. The van der Waals surface area contributed by atoms with Gasteiger partial charge in [-0.3, -0.25) is 9.59 Å². The van der Waals surface area contributed by atoms with E-state index in [1.165, 1.54) is 0 Å². The second-order valence-electron chi connectivity index (χ2n) is 4.54. The first kappa shape index (κ1) is 14.9. The van der Waals surface area contributed by atoms with E-state index in [-0.39, 0.29) is 24.8 Å². The van der Waals surface area contributed by atoms with Crippen molar-refractivity contribution in [3.63, 3.8) is 0 Å². The maximum absolute atomic E-state index is 12.0. The van der Waals surface area contributed by atoms with Crippen molar-refractivity contribution in [2.45, 2.75) is 26.2 Å². The smallest absolute Gasteiger partial charge is 0.251 e. The van der Waals surface area contributed by atoms with E-state index in [0.717, 1.165) is 5.69 Å². The van der Waals surface area contributed by atoms with E-state index in [9.17, 15) is 9.59 Å². The van der Waals surface area contributed by atoms with Crippen LogP contribution < -0.4 is 16.4 Å². The molecule has 0 aromatic carbocycles. The van der Waals surface area contributed by atoms with Gasteiger partial charge in [0, 0.05) is 31.3 Å². The van der Waals surface area contributed by atoms with Crippen LogP contribution in [0, 0.1) is 0 Å². The number of amides is 2. The van der Waals surface area contributed by atoms with E-state index >= 15 is 0 Å². The standard InChI is InChI=1S/C13H20N4O2/c1-8(2)10-6-9(7-12(15-3)17-10)13(19)16-5-4-11(14)18/h6-8H,4-5H2,1-3H3,(H2,14,18)(H,15,17)(H,16,19). The lowest BCUT2D eigenvalue weighted by atomic mass is 10.1. The molecule has 4 N–H and O–H groups in total. The summed E-state index contributed by atoms with van der Waals surface area (Å²) in [6.45, 7) is 4.26. The molecule has 1 rings (SSSR count). The molecule has 0 bridgehead atoms. The lowest BCUT2D eigenvalue weighted by Gasteiger charge is -2.11. The molecule has 0 saturated carbocycles. The van der Waals surface area contributed by atoms with Gasteiger partial charge in [0.05, 0.1) is 0 Å². The van der Waals surface area contributed by atoms with E-state index in [2.05, 4.69) is 15.6 Å². The van der Waals surface area contributed by atoms with Crippen LogP contribution in [0.25, 0.3) is 0 Å². The predicted molar refractivity (Wildman–Crippen MR) is 74.0 cm³/mol. The monoisotopic (exact) mass is 264 g/mol. The summed E-state index contributed by atoms with van der Waals surface area (Å²) in [6.07, 6.45) is 0.132. The number of nitrogens with two attached hydrogens (primary N) is 1. The lowest BCUT2D eigenvalue weighted by molar-refractivity contribution is -0.117. The zero-order valence-electron chi connectivity index (χ0n) is 11.5. The fraction of sp³-hybridized carbons (Fsp3) is 0.462. The van der Waals surface area contributed by atoms with Gasteiger partial charge >= 0.3 is 0 Å². The van der Waals surface area contributed by atoms with Gasteiger partial charge in [-0.2, -0.15) is 0 Å². The van der Waals surface area contributed by atoms with E-state index in [1.807, 2.05) is 13.8 Å². The van der Waals surface area contributed by atoms with Crippen LogP contribution in [0.2, 0.25) is 0 Å². The Bertz CT molecular complexity index is 472. The third kappa shape index (κ3) is 4.57. The zero-order valence-corrected chi connectivity index (χ0v) is 11.5. The molecule has 0 aliphatic heterocycles. The van der Waals surface area contributed by atoms with Crippen LogP contribution in [0.1, 0.15) is 42.2 Å². The highest BCUT2D eigenvalue weighted by molar-refractivity contribution is 5.95. The van der Waals surface area contributed by atoms with Crippen LogP contribution >= 0.6 is 0 Å². The van der Waals surface area contributed by atoms with Crippen molar-refractivity contribution in [2.24, 2.45) is 5.73 Å². The molecule has 19 heavy (non-hydrogen) atoms. The van der Waals surface area contributed by atoms with Crippen molar-refractivity contribution in [3.8, 4) is 0 Å². The Kier molecular flexibility index (Phi) is 5.29. The minimum absolute atomic E-state index is 0.132. The van der Waals surface area contributed by atoms with Crippen LogP contribution in [0.5, 0.6) is 0 Å². The molecule has 0 atom stereocenters. The molecule has 104 valence electrons. The topological polar surface area (TPSA) is 97.1 Å². The number of hydrogen-bond acceptors (Lipinski definition) is 4. The number of anilines is 1. The van der Waals surface area contributed by atoms with Gasteiger partial charge in [0.25, 0.3) is 5.91 Å². The molecule has 0 saturated heterocycles. The number of hydrogen-bond donors (Lipinski definition) is 3. The van der Waals surface area contributed by atoms with Crippen molar-refractivity contribution in [2.75, 3.05) is 18.9 Å². The molecule has 0 spiro atoms. The van der Waals surface area contributed by atoms with Gasteiger partial charge in [-0.05, 0) is 18.1 Å². The number of rotatable bonds is 6. The Hall–Kier alpha value is -2.11. The number of primary amides is 1. The molecule has 1 aromatic heterocycles. The van der Waals surface area contributed by atoms with Gasteiger partial charge in [0.15, 0.2) is 0 Å². The summed E-state index contributed by atoms with van der Waals surface area (Å²) in [5.41, 5.74) is 6.38. The number of pyridine rings is 1. The van der Waals surface area contributed by atoms with Crippen molar-refractivity contribution >= 4 is 17.6 Å². The molecule has 6 nitrogen and oxygen atoms in total. The highest BCUT2D eigenvalue weighted by Gasteiger charge is 2.11. The summed E-state index contributed by atoms with van der Waals surface area (Å²) in [7, 11) is 1.75. The third-order valence-corrected chi connectivity index (χ3v) is 2.61. The molecule has 0 radical (unpaired) electrons. The van der Waals surface area contributed by atoms with E-state index < -0.39 is 5.91 Å². The summed E-state index contributed by atoms with van der Waals surface area (Å²) in [6, 6.07) is 3.43. The van der Waals surface area contributed by atoms with Crippen LogP contribution in [0.15, 0.2) is 12.1 Å². The SMILES string of the molecule is CNc1cc(C(=O)NCCC(N)=O)cc(C(C)C)n1. The quantitative estimate of drug-likeness (QED) is 0.709. The number of aromatic nitrogens is 1. The fourth-order valence-electron chi connectivity index (χ4n) is 1.51. The molecule has 1 heterocycles. The zero-order chi connectivity index (χ0) is 14.4. The predicted octanol–water partition coefficient (Wildman–Crippen LogP) is 0.852. The Balaban J connectivity index is 2.83. The van der Waals surface area contributed by atoms with Crippen molar-refractivity contribution in [1.82, 2.24) is 10.3 Å². The normalized spacial score (nSPS) is 10.3. The van der Waals surface area contributed by atoms with Gasteiger partial charge in [-0.25, -0.2) is 4.98 Å². The maximum atomic E-state index is 12.0. The van der Waals surface area contributed by atoms with Crippen LogP contribution in [0.4, 0.5) is 5.82 Å². The molecule has 1 aromatic rings. The maximum Gasteiger partial charge on any atom is 0.251 e. The summed E-state index contributed by atoms with van der Waals surface area (Å²) >= 11 is 0. The van der Waals surface area contributed by atoms with Crippen LogP contribution in [-0.4, -0.2) is 30.4 Å². The van der Waals surface area contributed by atoms with Gasteiger partial charge in [0.1, 0.15) is 5.82 Å². The van der Waals surface area contributed by atoms with Gasteiger partial charge < -0.3 is 16.4 Å². The molecule has 0 unspecified atom stereocenters. The number of carbonyl (C=O) groups excluding carboxylic acids is 2. The summed E-state index contributed by atoms with van der Waals surface area (Å²) < 4.78 is 0. The first-order valence-corrected chi connectivity index (χ1v) is 6.20. The molecule has 0 aliphatic carbocycles. The minimum atomic E-state index is -0.436. The first-order valence-electron chi connectivity index (χ1n) is 6.20. The molecular weight excluding hydrogens is 244 g/mol. The first-order chi connectivity index (χ1) is 8.93. The number of nitrogens with zero attached hydrogens (tertiary/aromatic N) is 1. The molecule has 6 heteroatoms. The summed E-state index contributed by atoms with van der Waals surface area (Å²) in [4.78, 5) is 26.9. The van der Waals surface area contributed by atoms with Gasteiger partial charge in [-0.1, -0.05) is 13.8 Å². The van der Waals surface area contributed by atoms with Crippen LogP contribution in [0.3, 0.4) is 0 Å². The highest BCUT2D eigenvalue weighted by Crippen LogP contribution is 2.17. The lowest BCUT2D eigenvalue weighted by Crippen LogP contribution is -2.28. The summed E-state index contributed by atoms with van der Waals surface area (Å²) in [5.74, 6) is 0.201. The largest absolute Gasteiger partial charge is 0.373 e. The minimum Gasteiger partial charge on any atom is -0.373 e. The Morgan fingerprint density at radius 2 is 2.05 bits per heavy atom. The molecular formula is C13H20N4O2. The van der Waals surface area contributed by atoms with E-state index in [4.69, 9.17) is 5.73 Å². The summed E-state index contributed by atoms with van der Waals surface area (Å²) in [5, 5.41) is 5.58. The van der Waals surface area contributed by atoms with Crippen LogP contribution in [-0.2, 0) is 4.79 Å². The second-order valence-corrected chi connectivity index (χ2v) is 4.54. The van der Waals surface area contributed by atoms with E-state index in [1.54, 1.807) is 19.2 Å². The van der Waals surface area contributed by atoms with Crippen molar-refractivity contribution in [1.29, 1.82) is 0 Å². The average Bonchev–Trinajstić information content (AvgIpc) is 2.37. The third-order valence-electron chi connectivity index (χ3n) is 2.61. The highest BCUT2D eigenvalue weighted by atomic mass is 16.2. The van der Waals surface area contributed by atoms with Gasteiger partial charge in [0.2, 0.25) is 5.91 Å². The van der Waals surface area contributed by atoms with Gasteiger partial charge in [-0.15, -0.1) is 0 Å². The molecule has 2 amide bonds. The number of carbonyl (C=O) groups is 2. The van der Waals surface area contributed by atoms with Crippen molar-refractivity contribution in [3.05, 3.63) is 23.4 Å². The molecule has 0 fully saturated rings. The Labute approximate surface area is 112 Å². The second kappa shape index (κ2) is 6.72. The Morgan fingerprint density at radius 3 is 2.58 bits per heavy atom. The Morgan fingerprint density at radius 1 is 1.37 bits per heavy atom. The average molecular weight is 264 g/mol. The van der Waals surface area contributed by atoms with Crippen molar-refractivity contribution < 1.29 is 9.59 Å².